The molecule has 0 saturated carbocycles. The zero-order valence-corrected chi connectivity index (χ0v) is 23.8. The van der Waals surface area contributed by atoms with Gasteiger partial charge < -0.3 is 4.74 Å². The van der Waals surface area contributed by atoms with E-state index in [0.717, 1.165) is 23.8 Å². The number of carbonyl (C=O) groups excluding carboxylic acids is 1. The standard InChI is InChI=1S/C35H36N2O2/c1-8-19-39-26-14-16-30-27(21-26)31(24-11-9-23(10-12-24)22(2)3)37-33(36-30)32(38)25-13-15-28-29(20-25)35(6,7)18-17-34(28,4)5/h1,9-16,20-22H,17-19H2,2-7H3. The molecule has 0 atom stereocenters. The van der Waals surface area contributed by atoms with Crippen LogP contribution in [0.15, 0.2) is 60.7 Å². The summed E-state index contributed by atoms with van der Waals surface area (Å²) in [7, 11) is 0. The van der Waals surface area contributed by atoms with Gasteiger partial charge >= 0.3 is 0 Å². The highest BCUT2D eigenvalue weighted by molar-refractivity contribution is 6.08. The van der Waals surface area contributed by atoms with Gasteiger partial charge in [0, 0.05) is 16.5 Å². The predicted molar refractivity (Wildman–Crippen MR) is 159 cm³/mol. The normalized spacial score (nSPS) is 15.5. The molecule has 0 aliphatic heterocycles. The fraction of sp³-hybridized carbons (Fsp3) is 0.343. The second-order valence-corrected chi connectivity index (χ2v) is 12.2. The largest absolute Gasteiger partial charge is 0.481 e. The quantitative estimate of drug-likeness (QED) is 0.192. The van der Waals surface area contributed by atoms with Gasteiger partial charge in [0.15, 0.2) is 0 Å². The molecule has 0 saturated heterocycles. The minimum absolute atomic E-state index is 0.00347. The molecule has 39 heavy (non-hydrogen) atoms. The molecule has 1 aromatic heterocycles. The number of hydrogen-bond donors (Lipinski definition) is 0. The van der Waals surface area contributed by atoms with E-state index in [-0.39, 0.29) is 29.0 Å². The Morgan fingerprint density at radius 3 is 2.28 bits per heavy atom. The number of hydrogen-bond acceptors (Lipinski definition) is 4. The molecule has 1 heterocycles. The van der Waals surface area contributed by atoms with E-state index in [1.54, 1.807) is 0 Å². The first-order valence-corrected chi connectivity index (χ1v) is 13.7. The number of carbonyl (C=O) groups is 1. The zero-order valence-electron chi connectivity index (χ0n) is 23.8. The van der Waals surface area contributed by atoms with Gasteiger partial charge in [-0.3, -0.25) is 4.79 Å². The Kier molecular flexibility index (Phi) is 6.81. The fourth-order valence-corrected chi connectivity index (χ4v) is 5.53. The first-order valence-electron chi connectivity index (χ1n) is 13.7. The molecule has 0 spiro atoms. The summed E-state index contributed by atoms with van der Waals surface area (Å²) in [6.45, 7) is 13.6. The fourth-order valence-electron chi connectivity index (χ4n) is 5.53. The van der Waals surface area contributed by atoms with Crippen molar-refractivity contribution >= 4 is 16.7 Å². The van der Waals surface area contributed by atoms with E-state index in [1.165, 1.54) is 16.7 Å². The Morgan fingerprint density at radius 1 is 0.923 bits per heavy atom. The predicted octanol–water partition coefficient (Wildman–Crippen LogP) is 8.01. The van der Waals surface area contributed by atoms with Crippen LogP contribution in [0.2, 0.25) is 0 Å². The monoisotopic (exact) mass is 516 g/mol. The number of ketones is 1. The molecule has 0 fully saturated rings. The van der Waals surface area contributed by atoms with Crippen molar-refractivity contribution in [1.29, 1.82) is 0 Å². The van der Waals surface area contributed by atoms with Gasteiger partial charge in [0.1, 0.15) is 12.4 Å². The van der Waals surface area contributed by atoms with Crippen LogP contribution < -0.4 is 4.74 Å². The van der Waals surface area contributed by atoms with Gasteiger partial charge in [-0.05, 0) is 70.5 Å². The summed E-state index contributed by atoms with van der Waals surface area (Å²) in [5.41, 5.74) is 6.81. The average molecular weight is 517 g/mol. The van der Waals surface area contributed by atoms with Gasteiger partial charge in [-0.15, -0.1) is 6.42 Å². The van der Waals surface area contributed by atoms with Gasteiger partial charge in [0.2, 0.25) is 11.6 Å². The molecule has 3 aromatic carbocycles. The van der Waals surface area contributed by atoms with Crippen molar-refractivity contribution in [2.75, 3.05) is 6.61 Å². The number of fused-ring (bicyclic) bond motifs is 2. The Balaban J connectivity index is 1.64. The lowest BCUT2D eigenvalue weighted by molar-refractivity contribution is 0.102. The summed E-state index contributed by atoms with van der Waals surface area (Å²) in [6, 6.07) is 20.1. The highest BCUT2D eigenvalue weighted by Gasteiger charge is 2.37. The van der Waals surface area contributed by atoms with Gasteiger partial charge in [0.05, 0.1) is 11.2 Å². The van der Waals surface area contributed by atoms with Crippen molar-refractivity contribution in [2.45, 2.75) is 71.1 Å². The van der Waals surface area contributed by atoms with E-state index >= 15 is 0 Å². The van der Waals surface area contributed by atoms with Crippen LogP contribution >= 0.6 is 0 Å². The Labute approximate surface area is 231 Å². The van der Waals surface area contributed by atoms with Crippen molar-refractivity contribution in [3.63, 3.8) is 0 Å². The van der Waals surface area contributed by atoms with Crippen molar-refractivity contribution in [1.82, 2.24) is 9.97 Å². The Hall–Kier alpha value is -3.97. The first-order chi connectivity index (χ1) is 18.5. The van der Waals surface area contributed by atoms with Gasteiger partial charge in [0.25, 0.3) is 0 Å². The van der Waals surface area contributed by atoms with Gasteiger partial charge in [-0.2, -0.15) is 0 Å². The Morgan fingerprint density at radius 2 is 1.62 bits per heavy atom. The van der Waals surface area contributed by atoms with E-state index in [0.29, 0.717) is 28.4 Å². The summed E-state index contributed by atoms with van der Waals surface area (Å²) in [5.74, 6) is 3.58. The van der Waals surface area contributed by atoms with Crippen molar-refractivity contribution in [3.05, 3.63) is 88.7 Å². The third-order valence-electron chi connectivity index (χ3n) is 8.16. The van der Waals surface area contributed by atoms with E-state index in [1.807, 2.05) is 24.3 Å². The highest BCUT2D eigenvalue weighted by Crippen LogP contribution is 2.46. The van der Waals surface area contributed by atoms with Crippen molar-refractivity contribution in [2.24, 2.45) is 0 Å². The summed E-state index contributed by atoms with van der Waals surface area (Å²) in [5, 5.41) is 0.812. The lowest BCUT2D eigenvalue weighted by Gasteiger charge is -2.42. The van der Waals surface area contributed by atoms with Crippen LogP contribution in [-0.2, 0) is 10.8 Å². The lowest BCUT2D eigenvalue weighted by atomic mass is 9.63. The van der Waals surface area contributed by atoms with Crippen LogP contribution in [0.5, 0.6) is 5.75 Å². The number of terminal acetylenes is 1. The minimum Gasteiger partial charge on any atom is -0.481 e. The first kappa shape index (κ1) is 26.6. The SMILES string of the molecule is C#CCOc1ccc2nc(C(=O)c3ccc4c(c3)C(C)(C)CCC4(C)C)nc(-c3ccc(C(C)C)cc3)c2c1. The molecule has 4 nitrogen and oxygen atoms in total. The molecule has 0 bridgehead atoms. The summed E-state index contributed by atoms with van der Waals surface area (Å²) < 4.78 is 5.68. The van der Waals surface area contributed by atoms with E-state index < -0.39 is 0 Å². The van der Waals surface area contributed by atoms with Crippen LogP contribution in [0, 0.1) is 12.3 Å². The minimum atomic E-state index is -0.174. The third kappa shape index (κ3) is 5.06. The maximum atomic E-state index is 13.9. The molecule has 0 radical (unpaired) electrons. The van der Waals surface area contributed by atoms with E-state index in [2.05, 4.69) is 83.9 Å². The number of aromatic nitrogens is 2. The molecule has 4 aromatic rings. The van der Waals surface area contributed by atoms with Crippen LogP contribution in [-0.4, -0.2) is 22.4 Å². The topological polar surface area (TPSA) is 52.1 Å². The molecule has 5 rings (SSSR count). The second-order valence-electron chi connectivity index (χ2n) is 12.2. The van der Waals surface area contributed by atoms with Crippen molar-refractivity contribution in [3.8, 4) is 29.4 Å². The average Bonchev–Trinajstić information content (AvgIpc) is 2.93. The van der Waals surface area contributed by atoms with Gasteiger partial charge in [-0.1, -0.05) is 83.9 Å². The summed E-state index contributed by atoms with van der Waals surface area (Å²) >= 11 is 0. The molecular formula is C35H36N2O2. The summed E-state index contributed by atoms with van der Waals surface area (Å²) in [4.78, 5) is 23.5. The van der Waals surface area contributed by atoms with Crippen molar-refractivity contribution < 1.29 is 9.53 Å². The van der Waals surface area contributed by atoms with Crippen LogP contribution in [0.25, 0.3) is 22.2 Å². The van der Waals surface area contributed by atoms with Crippen LogP contribution in [0.4, 0.5) is 0 Å². The molecule has 1 aliphatic carbocycles. The molecule has 1 aliphatic rings. The zero-order chi connectivity index (χ0) is 27.9. The van der Waals surface area contributed by atoms with E-state index in [4.69, 9.17) is 21.1 Å². The molecule has 198 valence electrons. The second kappa shape index (κ2) is 9.97. The molecule has 0 N–H and O–H groups in total. The number of benzene rings is 3. The third-order valence-corrected chi connectivity index (χ3v) is 8.16. The summed E-state index contributed by atoms with van der Waals surface area (Å²) in [6.07, 6.45) is 7.60. The smallest absolute Gasteiger partial charge is 0.230 e. The van der Waals surface area contributed by atoms with Crippen LogP contribution in [0.1, 0.15) is 93.2 Å². The number of rotatable bonds is 6. The van der Waals surface area contributed by atoms with Crippen LogP contribution in [0.3, 0.4) is 0 Å². The maximum Gasteiger partial charge on any atom is 0.230 e. The van der Waals surface area contributed by atoms with Gasteiger partial charge in [-0.25, -0.2) is 9.97 Å². The Bertz CT molecular complexity index is 1600. The van der Waals surface area contributed by atoms with E-state index in [9.17, 15) is 4.79 Å². The maximum absolute atomic E-state index is 13.9. The lowest BCUT2D eigenvalue weighted by Crippen LogP contribution is -2.34. The molecular weight excluding hydrogens is 480 g/mol. The molecule has 0 unspecified atom stereocenters. The number of ether oxygens (including phenoxy) is 1. The number of nitrogens with zero attached hydrogens (tertiary/aromatic N) is 2. The highest BCUT2D eigenvalue weighted by atomic mass is 16.5. The molecule has 4 heteroatoms. The molecule has 0 amide bonds.